The Hall–Kier alpha value is -1.40. The Bertz CT molecular complexity index is 550. The number of rotatable bonds is 5. The van der Waals surface area contributed by atoms with Gasteiger partial charge in [-0.2, -0.15) is 0 Å². The van der Waals surface area contributed by atoms with Crippen LogP contribution in [0.1, 0.15) is 26.2 Å². The highest BCUT2D eigenvalue weighted by Gasteiger charge is 2.33. The average Bonchev–Trinajstić information content (AvgIpc) is 2.94. The SMILES string of the molecule is CNC(=O)[C@@H]1CCC[C@@H]1N[C@@H](C)C(=O)Nc1cccc(Br)c1. The van der Waals surface area contributed by atoms with E-state index in [9.17, 15) is 9.59 Å². The fraction of sp³-hybridized carbons (Fsp3) is 0.500. The summed E-state index contributed by atoms with van der Waals surface area (Å²) in [6.07, 6.45) is 2.81. The summed E-state index contributed by atoms with van der Waals surface area (Å²) in [5, 5.41) is 8.88. The normalized spacial score (nSPS) is 22.1. The van der Waals surface area contributed by atoms with Gasteiger partial charge in [0.1, 0.15) is 0 Å². The summed E-state index contributed by atoms with van der Waals surface area (Å²) in [4.78, 5) is 24.1. The van der Waals surface area contributed by atoms with E-state index in [0.29, 0.717) is 0 Å². The topological polar surface area (TPSA) is 70.2 Å². The van der Waals surface area contributed by atoms with Gasteiger partial charge in [0.15, 0.2) is 0 Å². The van der Waals surface area contributed by atoms with Gasteiger partial charge in [-0.05, 0) is 38.0 Å². The van der Waals surface area contributed by atoms with Crippen LogP contribution in [0.2, 0.25) is 0 Å². The zero-order valence-corrected chi connectivity index (χ0v) is 14.4. The van der Waals surface area contributed by atoms with Crippen molar-refractivity contribution in [2.75, 3.05) is 12.4 Å². The molecular weight excluding hydrogens is 346 g/mol. The highest BCUT2D eigenvalue weighted by molar-refractivity contribution is 9.10. The standard InChI is InChI=1S/C16H22BrN3O2/c1-10(15(21)20-12-6-3-5-11(17)9-12)19-14-8-4-7-13(14)16(22)18-2/h3,5-6,9-10,13-14,19H,4,7-8H2,1-2H3,(H,18,22)(H,20,21)/t10-,13+,14-/m0/s1. The lowest BCUT2D eigenvalue weighted by molar-refractivity contribution is -0.125. The zero-order chi connectivity index (χ0) is 16.1. The molecule has 0 spiro atoms. The van der Waals surface area contributed by atoms with E-state index in [0.717, 1.165) is 29.4 Å². The Morgan fingerprint density at radius 3 is 2.77 bits per heavy atom. The number of hydrogen-bond donors (Lipinski definition) is 3. The highest BCUT2D eigenvalue weighted by atomic mass is 79.9. The third kappa shape index (κ3) is 4.30. The van der Waals surface area contributed by atoms with E-state index >= 15 is 0 Å². The minimum absolute atomic E-state index is 0.0499. The second-order valence-electron chi connectivity index (χ2n) is 5.65. The van der Waals surface area contributed by atoms with Crippen molar-refractivity contribution in [2.24, 2.45) is 5.92 Å². The highest BCUT2D eigenvalue weighted by Crippen LogP contribution is 2.26. The molecular formula is C16H22BrN3O2. The van der Waals surface area contributed by atoms with Crippen molar-refractivity contribution < 1.29 is 9.59 Å². The molecule has 3 atom stereocenters. The summed E-state index contributed by atoms with van der Waals surface area (Å²) in [5.74, 6) is -0.0959. The van der Waals surface area contributed by atoms with Gasteiger partial charge in [0.2, 0.25) is 11.8 Å². The van der Waals surface area contributed by atoms with Crippen LogP contribution in [0.3, 0.4) is 0 Å². The fourth-order valence-electron chi connectivity index (χ4n) is 2.87. The molecule has 1 aromatic carbocycles. The van der Waals surface area contributed by atoms with Gasteiger partial charge in [0, 0.05) is 23.2 Å². The van der Waals surface area contributed by atoms with Crippen LogP contribution in [0, 0.1) is 5.92 Å². The molecule has 0 bridgehead atoms. The smallest absolute Gasteiger partial charge is 0.241 e. The van der Waals surface area contributed by atoms with Crippen LogP contribution >= 0.6 is 15.9 Å². The molecule has 2 amide bonds. The molecule has 120 valence electrons. The van der Waals surface area contributed by atoms with Crippen molar-refractivity contribution in [1.82, 2.24) is 10.6 Å². The van der Waals surface area contributed by atoms with E-state index in [1.54, 1.807) is 7.05 Å². The molecule has 0 unspecified atom stereocenters. The fourth-order valence-corrected chi connectivity index (χ4v) is 3.27. The van der Waals surface area contributed by atoms with E-state index in [4.69, 9.17) is 0 Å². The van der Waals surface area contributed by atoms with Crippen molar-refractivity contribution in [1.29, 1.82) is 0 Å². The third-order valence-corrected chi connectivity index (χ3v) is 4.54. The molecule has 3 N–H and O–H groups in total. The van der Waals surface area contributed by atoms with Crippen LogP contribution in [-0.2, 0) is 9.59 Å². The Kier molecular flexibility index (Phi) is 5.97. The van der Waals surface area contributed by atoms with Crippen LogP contribution in [0.15, 0.2) is 28.7 Å². The number of halogens is 1. The minimum atomic E-state index is -0.353. The summed E-state index contributed by atoms with van der Waals surface area (Å²) in [6.45, 7) is 1.83. The van der Waals surface area contributed by atoms with E-state index in [2.05, 4.69) is 31.9 Å². The van der Waals surface area contributed by atoms with Crippen molar-refractivity contribution in [2.45, 2.75) is 38.3 Å². The first-order valence-electron chi connectivity index (χ1n) is 7.55. The maximum absolute atomic E-state index is 12.3. The maximum atomic E-state index is 12.3. The average molecular weight is 368 g/mol. The monoisotopic (exact) mass is 367 g/mol. The number of benzene rings is 1. The van der Waals surface area contributed by atoms with Crippen molar-refractivity contribution in [3.05, 3.63) is 28.7 Å². The summed E-state index contributed by atoms with van der Waals surface area (Å²) in [7, 11) is 1.65. The lowest BCUT2D eigenvalue weighted by Crippen LogP contribution is -2.48. The first-order chi connectivity index (χ1) is 10.5. The molecule has 6 heteroatoms. The molecule has 0 saturated heterocycles. The summed E-state index contributed by atoms with van der Waals surface area (Å²) >= 11 is 3.38. The molecule has 22 heavy (non-hydrogen) atoms. The number of anilines is 1. The number of carbonyl (C=O) groups is 2. The second kappa shape index (κ2) is 7.74. The van der Waals surface area contributed by atoms with Crippen LogP contribution in [-0.4, -0.2) is 30.9 Å². The zero-order valence-electron chi connectivity index (χ0n) is 12.9. The summed E-state index contributed by atoms with van der Waals surface area (Å²) in [5.41, 5.74) is 0.752. The molecule has 0 aromatic heterocycles. The maximum Gasteiger partial charge on any atom is 0.241 e. The van der Waals surface area contributed by atoms with Gasteiger partial charge >= 0.3 is 0 Å². The van der Waals surface area contributed by atoms with Gasteiger partial charge < -0.3 is 16.0 Å². The van der Waals surface area contributed by atoms with E-state index in [-0.39, 0.29) is 29.8 Å². The predicted octanol–water partition coefficient (Wildman–Crippen LogP) is 2.28. The largest absolute Gasteiger partial charge is 0.359 e. The quantitative estimate of drug-likeness (QED) is 0.747. The first kappa shape index (κ1) is 17.0. The molecule has 1 aromatic rings. The van der Waals surface area contributed by atoms with Gasteiger partial charge in [-0.1, -0.05) is 28.4 Å². The lowest BCUT2D eigenvalue weighted by Gasteiger charge is -2.23. The van der Waals surface area contributed by atoms with Gasteiger partial charge in [-0.25, -0.2) is 0 Å². The Morgan fingerprint density at radius 2 is 2.09 bits per heavy atom. The molecule has 2 rings (SSSR count). The number of nitrogens with one attached hydrogen (secondary N) is 3. The summed E-state index contributed by atoms with van der Waals surface area (Å²) < 4.78 is 0.918. The molecule has 1 saturated carbocycles. The second-order valence-corrected chi connectivity index (χ2v) is 6.56. The van der Waals surface area contributed by atoms with Crippen LogP contribution in [0.25, 0.3) is 0 Å². The molecule has 0 aliphatic heterocycles. The number of amides is 2. The molecule has 0 heterocycles. The van der Waals surface area contributed by atoms with Gasteiger partial charge in [0.05, 0.1) is 12.0 Å². The Balaban J connectivity index is 1.92. The summed E-state index contributed by atoms with van der Waals surface area (Å²) in [6, 6.07) is 7.18. The third-order valence-electron chi connectivity index (χ3n) is 4.05. The molecule has 0 radical (unpaired) electrons. The number of hydrogen-bond acceptors (Lipinski definition) is 3. The lowest BCUT2D eigenvalue weighted by atomic mass is 10.0. The van der Waals surface area contributed by atoms with Crippen molar-refractivity contribution in [3.8, 4) is 0 Å². The van der Waals surface area contributed by atoms with Crippen LogP contribution in [0.5, 0.6) is 0 Å². The van der Waals surface area contributed by atoms with Crippen molar-refractivity contribution >= 4 is 33.4 Å². The van der Waals surface area contributed by atoms with Gasteiger partial charge in [-0.3, -0.25) is 9.59 Å². The van der Waals surface area contributed by atoms with Gasteiger partial charge in [-0.15, -0.1) is 0 Å². The van der Waals surface area contributed by atoms with Gasteiger partial charge in [0.25, 0.3) is 0 Å². The van der Waals surface area contributed by atoms with Crippen molar-refractivity contribution in [3.63, 3.8) is 0 Å². The Labute approximate surface area is 139 Å². The van der Waals surface area contributed by atoms with E-state index in [1.807, 2.05) is 31.2 Å². The predicted molar refractivity (Wildman–Crippen MR) is 90.6 cm³/mol. The van der Waals surface area contributed by atoms with Crippen LogP contribution in [0.4, 0.5) is 5.69 Å². The molecule has 1 aliphatic rings. The Morgan fingerprint density at radius 1 is 1.32 bits per heavy atom. The number of carbonyl (C=O) groups excluding carboxylic acids is 2. The minimum Gasteiger partial charge on any atom is -0.359 e. The van der Waals surface area contributed by atoms with E-state index in [1.165, 1.54) is 0 Å². The van der Waals surface area contributed by atoms with E-state index < -0.39 is 0 Å². The first-order valence-corrected chi connectivity index (χ1v) is 8.34. The molecule has 1 aliphatic carbocycles. The molecule has 5 nitrogen and oxygen atoms in total. The molecule has 1 fully saturated rings. The van der Waals surface area contributed by atoms with Crippen LogP contribution < -0.4 is 16.0 Å².